The molecule has 1 aliphatic heterocycles. The topological polar surface area (TPSA) is 104 Å². The third kappa shape index (κ3) is 5.88. The molecule has 1 aliphatic rings. The molecule has 2 aromatic carbocycles. The fourth-order valence-corrected chi connectivity index (χ4v) is 3.24. The molecule has 0 atom stereocenters. The Hall–Kier alpha value is -3.27. The molecule has 166 valence electrons. The summed E-state index contributed by atoms with van der Waals surface area (Å²) in [6, 6.07) is 14.0. The molecule has 10 heteroatoms. The number of benzene rings is 2. The lowest BCUT2D eigenvalue weighted by Gasteiger charge is -2.29. The number of alkyl halides is 3. The quantitative estimate of drug-likeness (QED) is 0.538. The number of likely N-dealkylation sites (tertiary alicyclic amines) is 1. The van der Waals surface area contributed by atoms with Crippen LogP contribution in [0.25, 0.3) is 22.2 Å². The van der Waals surface area contributed by atoms with E-state index < -0.39 is 12.1 Å². The maximum atomic E-state index is 10.6. The summed E-state index contributed by atoms with van der Waals surface area (Å²) in [7, 11) is 2.16. The molecule has 1 aromatic heterocycles. The van der Waals surface area contributed by atoms with E-state index in [1.54, 1.807) is 0 Å². The second kappa shape index (κ2) is 9.25. The number of hydrogen-bond acceptors (Lipinski definition) is 5. The van der Waals surface area contributed by atoms with Crippen molar-refractivity contribution < 1.29 is 27.8 Å². The lowest BCUT2D eigenvalue weighted by Crippen LogP contribution is -2.35. The molecule has 4 N–H and O–H groups in total. The number of ether oxygens (including phenoxy) is 1. The van der Waals surface area contributed by atoms with Gasteiger partial charge in [-0.15, -0.1) is 0 Å². The van der Waals surface area contributed by atoms with Crippen LogP contribution in [-0.4, -0.2) is 58.6 Å². The van der Waals surface area contributed by atoms with Gasteiger partial charge in [0.1, 0.15) is 11.9 Å². The van der Waals surface area contributed by atoms with Gasteiger partial charge in [-0.2, -0.15) is 18.3 Å². The number of carbonyl (C=O) groups is 1. The zero-order valence-corrected chi connectivity index (χ0v) is 16.8. The van der Waals surface area contributed by atoms with Crippen molar-refractivity contribution in [1.29, 1.82) is 0 Å². The predicted octanol–water partition coefficient (Wildman–Crippen LogP) is 3.92. The Kier molecular flexibility index (Phi) is 6.69. The van der Waals surface area contributed by atoms with Gasteiger partial charge < -0.3 is 20.5 Å². The van der Waals surface area contributed by atoms with Crippen molar-refractivity contribution in [3.63, 3.8) is 0 Å². The number of halogens is 3. The Labute approximate surface area is 176 Å². The number of hydrogen-bond donors (Lipinski definition) is 3. The summed E-state index contributed by atoms with van der Waals surface area (Å²) >= 11 is 0. The van der Waals surface area contributed by atoms with Gasteiger partial charge in [-0.25, -0.2) is 4.79 Å². The van der Waals surface area contributed by atoms with E-state index in [4.69, 9.17) is 20.4 Å². The second-order valence-electron chi connectivity index (χ2n) is 7.33. The summed E-state index contributed by atoms with van der Waals surface area (Å²) in [4.78, 5) is 11.2. The van der Waals surface area contributed by atoms with Gasteiger partial charge in [0.25, 0.3) is 0 Å². The lowest BCUT2D eigenvalue weighted by molar-refractivity contribution is -0.192. The number of carboxylic acids is 1. The summed E-state index contributed by atoms with van der Waals surface area (Å²) in [5, 5.41) is 15.7. The third-order valence-electron chi connectivity index (χ3n) is 4.93. The number of rotatable bonds is 3. The van der Waals surface area contributed by atoms with E-state index >= 15 is 0 Å². The molecule has 0 unspecified atom stereocenters. The summed E-state index contributed by atoms with van der Waals surface area (Å²) in [6.45, 7) is 2.20. The third-order valence-corrected chi connectivity index (χ3v) is 4.93. The van der Waals surface area contributed by atoms with Gasteiger partial charge in [0.2, 0.25) is 0 Å². The molecule has 7 nitrogen and oxygen atoms in total. The van der Waals surface area contributed by atoms with Crippen LogP contribution in [0.15, 0.2) is 42.5 Å². The number of carboxylic acid groups (broad SMARTS) is 1. The molecular weight excluding hydrogens is 413 g/mol. The van der Waals surface area contributed by atoms with Crippen molar-refractivity contribution in [2.75, 3.05) is 25.9 Å². The van der Waals surface area contributed by atoms with Crippen molar-refractivity contribution in [2.24, 2.45) is 0 Å². The number of fused-ring (bicyclic) bond motifs is 1. The number of nitrogens with one attached hydrogen (secondary N) is 1. The monoisotopic (exact) mass is 436 g/mol. The van der Waals surface area contributed by atoms with E-state index in [-0.39, 0.29) is 0 Å². The minimum absolute atomic E-state index is 0.318. The van der Waals surface area contributed by atoms with Crippen LogP contribution in [-0.2, 0) is 4.79 Å². The van der Waals surface area contributed by atoms with Gasteiger partial charge in [0.05, 0.1) is 11.2 Å². The van der Waals surface area contributed by atoms with Crippen molar-refractivity contribution >= 4 is 22.6 Å². The number of nitrogen functional groups attached to an aromatic ring is 1. The van der Waals surface area contributed by atoms with Crippen molar-refractivity contribution in [2.45, 2.75) is 25.1 Å². The minimum Gasteiger partial charge on any atom is -0.490 e. The average molecular weight is 436 g/mol. The van der Waals surface area contributed by atoms with Crippen LogP contribution in [0, 0.1) is 0 Å². The predicted molar refractivity (Wildman–Crippen MR) is 111 cm³/mol. The molecule has 0 radical (unpaired) electrons. The Morgan fingerprint density at radius 2 is 1.81 bits per heavy atom. The Balaban J connectivity index is 0.000000339. The van der Waals surface area contributed by atoms with Gasteiger partial charge in [0, 0.05) is 29.7 Å². The van der Waals surface area contributed by atoms with Crippen LogP contribution < -0.4 is 10.5 Å². The van der Waals surface area contributed by atoms with Crippen molar-refractivity contribution in [3.8, 4) is 17.0 Å². The van der Waals surface area contributed by atoms with E-state index in [0.717, 1.165) is 59.5 Å². The summed E-state index contributed by atoms with van der Waals surface area (Å²) in [5.74, 6) is -1.83. The maximum Gasteiger partial charge on any atom is 0.490 e. The number of nitrogens with two attached hydrogens (primary N) is 1. The summed E-state index contributed by atoms with van der Waals surface area (Å²) in [6.07, 6.45) is -2.60. The Morgan fingerprint density at radius 3 is 2.39 bits per heavy atom. The fourth-order valence-electron chi connectivity index (χ4n) is 3.24. The first-order valence-corrected chi connectivity index (χ1v) is 9.63. The summed E-state index contributed by atoms with van der Waals surface area (Å²) in [5.41, 5.74) is 9.61. The largest absolute Gasteiger partial charge is 0.490 e. The fraction of sp³-hybridized carbons (Fsp3) is 0.333. The number of aromatic nitrogens is 2. The molecule has 0 bridgehead atoms. The SMILES string of the molecule is CN1CCC(Oc2ccc(-c3n[nH]c4ccc(N)cc34)cc2)CC1.O=C(O)C(F)(F)F. The van der Waals surface area contributed by atoms with Gasteiger partial charge in [-0.3, -0.25) is 5.10 Å². The molecule has 4 rings (SSSR count). The van der Waals surface area contributed by atoms with E-state index in [0.29, 0.717) is 6.10 Å². The standard InChI is InChI=1S/C19H22N4O.C2HF3O2/c1-23-10-8-16(9-11-23)24-15-5-2-13(3-6-15)19-17-12-14(20)4-7-18(17)21-22-19;3-2(4,5)1(6)7/h2-7,12,16H,8-11,20H2,1H3,(H,21,22);(H,6,7). The number of piperidine rings is 1. The number of aliphatic carboxylic acids is 1. The van der Waals surface area contributed by atoms with Gasteiger partial charge in [-0.05, 0) is 62.4 Å². The normalized spacial score (nSPS) is 15.4. The van der Waals surface area contributed by atoms with E-state index in [1.165, 1.54) is 0 Å². The lowest BCUT2D eigenvalue weighted by atomic mass is 10.1. The van der Waals surface area contributed by atoms with Crippen LogP contribution in [0.5, 0.6) is 5.75 Å². The van der Waals surface area contributed by atoms with Crippen LogP contribution in [0.2, 0.25) is 0 Å². The molecule has 1 saturated heterocycles. The highest BCUT2D eigenvalue weighted by molar-refractivity contribution is 5.94. The van der Waals surface area contributed by atoms with E-state index in [9.17, 15) is 13.2 Å². The molecule has 2 heterocycles. The molecule has 3 aromatic rings. The smallest absolute Gasteiger partial charge is 0.490 e. The summed E-state index contributed by atoms with van der Waals surface area (Å²) < 4.78 is 37.8. The number of anilines is 1. The molecule has 1 fully saturated rings. The van der Waals surface area contributed by atoms with Crippen LogP contribution >= 0.6 is 0 Å². The first-order valence-electron chi connectivity index (χ1n) is 9.63. The first kappa shape index (κ1) is 22.4. The molecule has 0 spiro atoms. The highest BCUT2D eigenvalue weighted by Crippen LogP contribution is 2.29. The zero-order chi connectivity index (χ0) is 22.6. The van der Waals surface area contributed by atoms with Gasteiger partial charge >= 0.3 is 12.1 Å². The highest BCUT2D eigenvalue weighted by Gasteiger charge is 2.38. The molecule has 31 heavy (non-hydrogen) atoms. The minimum atomic E-state index is -5.08. The molecule has 0 amide bonds. The molecular formula is C21H23F3N4O3. The van der Waals surface area contributed by atoms with Gasteiger partial charge in [0.15, 0.2) is 0 Å². The van der Waals surface area contributed by atoms with E-state index in [2.05, 4.69) is 34.3 Å². The zero-order valence-electron chi connectivity index (χ0n) is 16.8. The van der Waals surface area contributed by atoms with Crippen LogP contribution in [0.3, 0.4) is 0 Å². The first-order chi connectivity index (χ1) is 14.6. The Bertz CT molecular complexity index is 1030. The molecule has 0 saturated carbocycles. The number of aromatic amines is 1. The second-order valence-corrected chi connectivity index (χ2v) is 7.33. The highest BCUT2D eigenvalue weighted by atomic mass is 19.4. The number of H-pyrrole nitrogens is 1. The number of nitrogens with zero attached hydrogens (tertiary/aromatic N) is 2. The van der Waals surface area contributed by atoms with Crippen LogP contribution in [0.4, 0.5) is 18.9 Å². The average Bonchev–Trinajstić information content (AvgIpc) is 3.13. The van der Waals surface area contributed by atoms with E-state index in [1.807, 2.05) is 30.3 Å². The Morgan fingerprint density at radius 1 is 1.19 bits per heavy atom. The van der Waals surface area contributed by atoms with Crippen molar-refractivity contribution in [1.82, 2.24) is 15.1 Å². The van der Waals surface area contributed by atoms with Crippen LogP contribution in [0.1, 0.15) is 12.8 Å². The van der Waals surface area contributed by atoms with Gasteiger partial charge in [-0.1, -0.05) is 0 Å². The maximum absolute atomic E-state index is 10.6. The molecule has 0 aliphatic carbocycles. The van der Waals surface area contributed by atoms with Crippen molar-refractivity contribution in [3.05, 3.63) is 42.5 Å².